The Labute approximate surface area is 104 Å². The van der Waals surface area contributed by atoms with Gasteiger partial charge in [0.15, 0.2) is 0 Å². The average Bonchev–Trinajstić information content (AvgIpc) is 2.95. The number of hydrogen-bond acceptors (Lipinski definition) is 3. The summed E-state index contributed by atoms with van der Waals surface area (Å²) in [6, 6.07) is 0. The van der Waals surface area contributed by atoms with Gasteiger partial charge in [-0.3, -0.25) is 4.79 Å². The minimum absolute atomic E-state index is 0.385. The summed E-state index contributed by atoms with van der Waals surface area (Å²) in [5.41, 5.74) is 0. The Morgan fingerprint density at radius 1 is 1.12 bits per heavy atom. The standard InChI is InChI=1S/C13H23N3O/c1-14-4-6-15(7-5-14)3-2-13(17)16-9-11-8-12(11)10-16/h11-12H,2-10H2,1H3. The van der Waals surface area contributed by atoms with E-state index in [0.717, 1.165) is 64.1 Å². The number of amides is 1. The van der Waals surface area contributed by atoms with Crippen LogP contribution in [-0.2, 0) is 4.79 Å². The molecule has 96 valence electrons. The number of nitrogens with zero attached hydrogens (tertiary/aromatic N) is 3. The summed E-state index contributed by atoms with van der Waals surface area (Å²) in [6.07, 6.45) is 2.10. The molecule has 1 aliphatic carbocycles. The van der Waals surface area contributed by atoms with Crippen molar-refractivity contribution < 1.29 is 4.79 Å². The van der Waals surface area contributed by atoms with Crippen LogP contribution in [0.25, 0.3) is 0 Å². The molecule has 1 saturated carbocycles. The molecule has 0 aromatic heterocycles. The van der Waals surface area contributed by atoms with Gasteiger partial charge in [0.05, 0.1) is 0 Å². The van der Waals surface area contributed by atoms with Gasteiger partial charge in [0.1, 0.15) is 0 Å². The van der Waals surface area contributed by atoms with E-state index in [-0.39, 0.29) is 0 Å². The molecule has 4 heteroatoms. The van der Waals surface area contributed by atoms with Crippen molar-refractivity contribution in [3.05, 3.63) is 0 Å². The van der Waals surface area contributed by atoms with Crippen molar-refractivity contribution in [3.8, 4) is 0 Å². The van der Waals surface area contributed by atoms with Gasteiger partial charge in [0, 0.05) is 52.2 Å². The molecule has 3 fully saturated rings. The Morgan fingerprint density at radius 2 is 1.76 bits per heavy atom. The number of piperidine rings is 1. The van der Waals surface area contributed by atoms with Gasteiger partial charge in [-0.05, 0) is 25.3 Å². The van der Waals surface area contributed by atoms with Gasteiger partial charge in [0.2, 0.25) is 5.91 Å². The van der Waals surface area contributed by atoms with Crippen molar-refractivity contribution in [2.24, 2.45) is 11.8 Å². The molecule has 1 amide bonds. The quantitative estimate of drug-likeness (QED) is 0.697. The lowest BCUT2D eigenvalue weighted by Crippen LogP contribution is -2.45. The molecule has 0 radical (unpaired) electrons. The Hall–Kier alpha value is -0.610. The van der Waals surface area contributed by atoms with Gasteiger partial charge in [-0.1, -0.05) is 0 Å². The van der Waals surface area contributed by atoms with Gasteiger partial charge in [-0.2, -0.15) is 0 Å². The van der Waals surface area contributed by atoms with Crippen LogP contribution >= 0.6 is 0 Å². The van der Waals surface area contributed by atoms with Crippen LogP contribution in [0.1, 0.15) is 12.8 Å². The summed E-state index contributed by atoms with van der Waals surface area (Å²) in [5.74, 6) is 2.11. The molecule has 2 saturated heterocycles. The highest BCUT2D eigenvalue weighted by Crippen LogP contribution is 2.44. The number of likely N-dealkylation sites (N-methyl/N-ethyl adjacent to an activating group) is 1. The fourth-order valence-electron chi connectivity index (χ4n) is 3.09. The third kappa shape index (κ3) is 2.63. The SMILES string of the molecule is CN1CCN(CCC(=O)N2CC3CC3C2)CC1. The second-order valence-corrected chi connectivity index (χ2v) is 5.95. The molecule has 3 rings (SSSR count). The number of rotatable bonds is 3. The topological polar surface area (TPSA) is 26.8 Å². The van der Waals surface area contributed by atoms with E-state index in [2.05, 4.69) is 21.7 Å². The highest BCUT2D eigenvalue weighted by atomic mass is 16.2. The zero-order chi connectivity index (χ0) is 11.8. The smallest absolute Gasteiger partial charge is 0.223 e. The van der Waals surface area contributed by atoms with E-state index in [9.17, 15) is 4.79 Å². The average molecular weight is 237 g/mol. The minimum Gasteiger partial charge on any atom is -0.342 e. The molecule has 4 nitrogen and oxygen atoms in total. The third-order valence-electron chi connectivity index (χ3n) is 4.57. The van der Waals surface area contributed by atoms with Crippen LogP contribution in [0, 0.1) is 11.8 Å². The minimum atomic E-state index is 0.385. The maximum atomic E-state index is 12.0. The first-order valence-electron chi connectivity index (χ1n) is 6.91. The predicted molar refractivity (Wildman–Crippen MR) is 66.7 cm³/mol. The largest absolute Gasteiger partial charge is 0.342 e. The first kappa shape index (κ1) is 11.5. The molecular formula is C13H23N3O. The Bertz CT molecular complexity index is 289. The van der Waals surface area contributed by atoms with Crippen molar-refractivity contribution in [3.63, 3.8) is 0 Å². The van der Waals surface area contributed by atoms with Gasteiger partial charge in [-0.15, -0.1) is 0 Å². The second-order valence-electron chi connectivity index (χ2n) is 5.95. The molecule has 2 atom stereocenters. The molecule has 2 aliphatic heterocycles. The summed E-state index contributed by atoms with van der Waals surface area (Å²) in [6.45, 7) is 7.57. The molecular weight excluding hydrogens is 214 g/mol. The number of carbonyl (C=O) groups is 1. The van der Waals surface area contributed by atoms with Crippen LogP contribution in [0.4, 0.5) is 0 Å². The van der Waals surface area contributed by atoms with E-state index in [1.54, 1.807) is 0 Å². The molecule has 2 heterocycles. The van der Waals surface area contributed by atoms with E-state index < -0.39 is 0 Å². The van der Waals surface area contributed by atoms with Gasteiger partial charge in [-0.25, -0.2) is 0 Å². The molecule has 0 spiro atoms. The Kier molecular flexibility index (Phi) is 3.09. The monoisotopic (exact) mass is 237 g/mol. The lowest BCUT2D eigenvalue weighted by atomic mass is 10.2. The Morgan fingerprint density at radius 3 is 2.41 bits per heavy atom. The van der Waals surface area contributed by atoms with E-state index in [1.807, 2.05) is 0 Å². The van der Waals surface area contributed by atoms with Crippen LogP contribution in [0.5, 0.6) is 0 Å². The van der Waals surface area contributed by atoms with E-state index in [0.29, 0.717) is 5.91 Å². The molecule has 0 N–H and O–H groups in total. The first-order chi connectivity index (χ1) is 8.22. The lowest BCUT2D eigenvalue weighted by molar-refractivity contribution is -0.131. The van der Waals surface area contributed by atoms with Gasteiger partial charge in [0.25, 0.3) is 0 Å². The van der Waals surface area contributed by atoms with Crippen LogP contribution in [-0.4, -0.2) is 73.5 Å². The van der Waals surface area contributed by atoms with Gasteiger partial charge >= 0.3 is 0 Å². The number of carbonyl (C=O) groups excluding carboxylic acids is 1. The molecule has 0 bridgehead atoms. The fraction of sp³-hybridized carbons (Fsp3) is 0.923. The third-order valence-corrected chi connectivity index (χ3v) is 4.57. The summed E-state index contributed by atoms with van der Waals surface area (Å²) in [4.78, 5) is 18.9. The van der Waals surface area contributed by atoms with Crippen LogP contribution < -0.4 is 0 Å². The van der Waals surface area contributed by atoms with Crippen LogP contribution in [0.2, 0.25) is 0 Å². The maximum absolute atomic E-state index is 12.0. The maximum Gasteiger partial charge on any atom is 0.223 e. The zero-order valence-corrected chi connectivity index (χ0v) is 10.8. The van der Waals surface area contributed by atoms with E-state index in [4.69, 9.17) is 0 Å². The Balaban J connectivity index is 1.37. The molecule has 2 unspecified atom stereocenters. The number of hydrogen-bond donors (Lipinski definition) is 0. The number of fused-ring (bicyclic) bond motifs is 1. The normalized spacial score (nSPS) is 33.8. The predicted octanol–water partition coefficient (Wildman–Crippen LogP) is 0.102. The second kappa shape index (κ2) is 4.58. The van der Waals surface area contributed by atoms with Crippen molar-refractivity contribution in [2.75, 3.05) is 52.9 Å². The summed E-state index contributed by atoms with van der Waals surface area (Å²) >= 11 is 0. The summed E-state index contributed by atoms with van der Waals surface area (Å²) < 4.78 is 0. The highest BCUT2D eigenvalue weighted by Gasteiger charge is 2.46. The lowest BCUT2D eigenvalue weighted by Gasteiger charge is -2.32. The van der Waals surface area contributed by atoms with Crippen molar-refractivity contribution in [1.29, 1.82) is 0 Å². The zero-order valence-electron chi connectivity index (χ0n) is 10.8. The highest BCUT2D eigenvalue weighted by molar-refractivity contribution is 5.76. The number of piperazine rings is 1. The molecule has 0 aromatic rings. The summed E-state index contributed by atoms with van der Waals surface area (Å²) in [7, 11) is 2.17. The van der Waals surface area contributed by atoms with E-state index >= 15 is 0 Å². The van der Waals surface area contributed by atoms with Crippen molar-refractivity contribution in [2.45, 2.75) is 12.8 Å². The number of likely N-dealkylation sites (tertiary alicyclic amines) is 1. The molecule has 3 aliphatic rings. The first-order valence-corrected chi connectivity index (χ1v) is 6.91. The van der Waals surface area contributed by atoms with E-state index in [1.165, 1.54) is 6.42 Å². The van der Waals surface area contributed by atoms with Crippen LogP contribution in [0.15, 0.2) is 0 Å². The fourth-order valence-corrected chi connectivity index (χ4v) is 3.09. The van der Waals surface area contributed by atoms with Crippen molar-refractivity contribution in [1.82, 2.24) is 14.7 Å². The molecule has 17 heavy (non-hydrogen) atoms. The van der Waals surface area contributed by atoms with Gasteiger partial charge < -0.3 is 14.7 Å². The van der Waals surface area contributed by atoms with Crippen LogP contribution in [0.3, 0.4) is 0 Å². The molecule has 0 aromatic carbocycles. The summed E-state index contributed by atoms with van der Waals surface area (Å²) in [5, 5.41) is 0. The van der Waals surface area contributed by atoms with Crippen molar-refractivity contribution >= 4 is 5.91 Å².